The Morgan fingerprint density at radius 1 is 0.152 bits per heavy atom. The summed E-state index contributed by atoms with van der Waals surface area (Å²) in [6, 6.07) is 135. The van der Waals surface area contributed by atoms with Gasteiger partial charge in [0.15, 0.2) is 34.9 Å². The molecule has 0 bridgehead atoms. The van der Waals surface area contributed by atoms with Crippen LogP contribution in [0.5, 0.6) is 0 Å². The molecular weight excluding hydrogens is 1370 g/mol. The van der Waals surface area contributed by atoms with E-state index in [2.05, 4.69) is 252 Å². The van der Waals surface area contributed by atoms with Crippen molar-refractivity contribution in [1.29, 1.82) is 0 Å². The Bertz CT molecular complexity index is 7240. The van der Waals surface area contributed by atoms with Crippen LogP contribution in [0.25, 0.3) is 212 Å². The van der Waals surface area contributed by atoms with Crippen LogP contribution < -0.4 is 0 Å². The Morgan fingerprint density at radius 2 is 0.429 bits per heavy atom. The van der Waals surface area contributed by atoms with Crippen molar-refractivity contribution >= 4 is 87.5 Å². The lowest BCUT2D eigenvalue weighted by Crippen LogP contribution is -2.00. The fraction of sp³-hybridized carbons (Fsp3) is 0. The number of nitrogens with zero attached hydrogens (tertiary/aromatic N) is 8. The van der Waals surface area contributed by atoms with Gasteiger partial charge in [0.05, 0.1) is 22.1 Å². The number of hydrogen-bond donors (Lipinski definition) is 0. The lowest BCUT2D eigenvalue weighted by atomic mass is 10.0. The molecule has 0 radical (unpaired) electrons. The van der Waals surface area contributed by atoms with Crippen LogP contribution in [0, 0.1) is 0 Å². The highest BCUT2D eigenvalue weighted by atomic mass is 16.3. The summed E-state index contributed by atoms with van der Waals surface area (Å²) in [7, 11) is 0. The van der Waals surface area contributed by atoms with Crippen molar-refractivity contribution in [3.63, 3.8) is 0 Å². The molecule has 0 saturated carbocycles. The monoisotopic (exact) mass is 1430 g/mol. The molecular formula is C102H64N8O2. The minimum Gasteiger partial charge on any atom is -0.456 e. The average molecular weight is 1430 g/mol. The van der Waals surface area contributed by atoms with E-state index in [1.54, 1.807) is 0 Å². The Labute approximate surface area is 643 Å². The maximum Gasteiger partial charge on any atom is 0.164 e. The standard InChI is InChI=1S/2C51H32N4O/c1-3-13-33(14-4-1)49-52-50(34-15-5-2-6-16-34)54-51(53-49)39-19-11-17-35(29-39)36-18-12-20-40(30-36)55-45-23-9-7-21-41(45)43-31-37(25-27-46(43)55)38-26-28-48-44(32-38)42-22-8-10-24-47(42)56-48;1-3-11-35(12-4-1)49-52-50(36-13-5-2-6-14-36)54-51(53-49)37-21-19-33(20-22-37)34-23-27-40(28-24-34)55-45-17-9-7-15-41(45)43-31-38(25-29-46(43)55)39-26-30-48-44(32-39)42-16-8-10-18-47(42)56-48/h2*1-32H. The van der Waals surface area contributed by atoms with E-state index < -0.39 is 0 Å². The molecule has 0 spiro atoms. The molecule has 6 heterocycles. The maximum absolute atomic E-state index is 6.12. The summed E-state index contributed by atoms with van der Waals surface area (Å²) in [6.07, 6.45) is 0. The van der Waals surface area contributed by atoms with Gasteiger partial charge in [0.1, 0.15) is 22.3 Å². The predicted molar refractivity (Wildman–Crippen MR) is 457 cm³/mol. The fourth-order valence-electron chi connectivity index (χ4n) is 15.8. The smallest absolute Gasteiger partial charge is 0.164 e. The van der Waals surface area contributed by atoms with Gasteiger partial charge in [-0.05, 0) is 148 Å². The van der Waals surface area contributed by atoms with Crippen molar-refractivity contribution < 1.29 is 8.83 Å². The van der Waals surface area contributed by atoms with E-state index in [4.69, 9.17) is 38.7 Å². The zero-order valence-corrected chi connectivity index (χ0v) is 60.3. The number of benzene rings is 16. The Hall–Kier alpha value is -15.3. The molecule has 0 unspecified atom stereocenters. The van der Waals surface area contributed by atoms with Crippen LogP contribution in [-0.4, -0.2) is 39.0 Å². The van der Waals surface area contributed by atoms with Crippen LogP contribution in [0.3, 0.4) is 0 Å². The van der Waals surface area contributed by atoms with Gasteiger partial charge in [-0.3, -0.25) is 0 Å². The number of fused-ring (bicyclic) bond motifs is 12. The van der Waals surface area contributed by atoms with Gasteiger partial charge >= 0.3 is 0 Å². The third kappa shape index (κ3) is 11.9. The summed E-state index contributed by atoms with van der Waals surface area (Å²) in [5, 5.41) is 9.40. The molecule has 22 rings (SSSR count). The molecule has 6 aromatic heterocycles. The van der Waals surface area contributed by atoms with E-state index in [1.807, 2.05) is 146 Å². The zero-order chi connectivity index (χ0) is 74.0. The lowest BCUT2D eigenvalue weighted by molar-refractivity contribution is 0.668. The van der Waals surface area contributed by atoms with E-state index in [1.165, 1.54) is 49.3 Å². The molecule has 22 aromatic rings. The fourth-order valence-corrected chi connectivity index (χ4v) is 15.8. The highest BCUT2D eigenvalue weighted by Gasteiger charge is 2.21. The van der Waals surface area contributed by atoms with E-state index in [0.717, 1.165) is 127 Å². The summed E-state index contributed by atoms with van der Waals surface area (Å²) < 4.78 is 17.0. The van der Waals surface area contributed by atoms with Crippen molar-refractivity contribution in [1.82, 2.24) is 39.0 Å². The summed E-state index contributed by atoms with van der Waals surface area (Å²) in [6.45, 7) is 0. The van der Waals surface area contributed by atoms with Crippen molar-refractivity contribution in [2.24, 2.45) is 0 Å². The lowest BCUT2D eigenvalue weighted by Gasteiger charge is -2.12. The molecule has 0 aliphatic heterocycles. The van der Waals surface area contributed by atoms with Crippen LogP contribution in [0.15, 0.2) is 397 Å². The zero-order valence-electron chi connectivity index (χ0n) is 60.3. The predicted octanol–water partition coefficient (Wildman–Crippen LogP) is 26.4. The normalized spacial score (nSPS) is 11.6. The van der Waals surface area contributed by atoms with Gasteiger partial charge in [-0.15, -0.1) is 0 Å². The second-order valence-electron chi connectivity index (χ2n) is 28.1. The molecule has 0 fully saturated rings. The molecule has 10 nitrogen and oxygen atoms in total. The Balaban J connectivity index is 0.000000141. The second kappa shape index (κ2) is 27.5. The minimum atomic E-state index is 0.633. The summed E-state index contributed by atoms with van der Waals surface area (Å²) >= 11 is 0. The molecule has 0 atom stereocenters. The molecule has 0 N–H and O–H groups in total. The van der Waals surface area contributed by atoms with Gasteiger partial charge in [0.2, 0.25) is 0 Å². The van der Waals surface area contributed by atoms with Crippen LogP contribution in [0.4, 0.5) is 0 Å². The number of para-hydroxylation sites is 4. The van der Waals surface area contributed by atoms with Gasteiger partial charge in [-0.1, -0.05) is 285 Å². The SMILES string of the molecule is c1ccc(-c2nc(-c3ccccc3)nc(-c3ccc(-c4ccc(-n5c6ccccc6c6cc(-c7ccc8oc9ccccc9c8c7)ccc65)cc4)cc3)n2)cc1.c1ccc(-c2nc(-c3ccccc3)nc(-c3cccc(-c4cccc(-n5c6ccccc6c6cc(-c7ccc8oc9ccccc9c8c7)ccc65)c4)c3)n2)cc1. The first kappa shape index (κ1) is 65.1. The highest BCUT2D eigenvalue weighted by Crippen LogP contribution is 2.42. The minimum absolute atomic E-state index is 0.633. The van der Waals surface area contributed by atoms with Gasteiger partial charge in [-0.25, -0.2) is 29.9 Å². The second-order valence-corrected chi connectivity index (χ2v) is 28.1. The van der Waals surface area contributed by atoms with Gasteiger partial charge in [-0.2, -0.15) is 0 Å². The average Bonchev–Trinajstić information content (AvgIpc) is 1.59. The first-order chi connectivity index (χ1) is 55.5. The van der Waals surface area contributed by atoms with Crippen LogP contribution in [-0.2, 0) is 0 Å². The molecule has 0 amide bonds. The Morgan fingerprint density at radius 3 is 0.875 bits per heavy atom. The van der Waals surface area contributed by atoms with Gasteiger partial charge in [0.25, 0.3) is 0 Å². The molecule has 0 aliphatic rings. The van der Waals surface area contributed by atoms with Gasteiger partial charge < -0.3 is 18.0 Å². The first-order valence-corrected chi connectivity index (χ1v) is 37.5. The molecule has 10 heteroatoms. The molecule has 16 aromatic carbocycles. The maximum atomic E-state index is 6.12. The van der Waals surface area contributed by atoms with Crippen molar-refractivity contribution in [3.05, 3.63) is 388 Å². The third-order valence-corrected chi connectivity index (χ3v) is 21.3. The topological polar surface area (TPSA) is 113 Å². The summed E-state index contributed by atoms with van der Waals surface area (Å²) in [5.74, 6) is 3.87. The van der Waals surface area contributed by atoms with Crippen LogP contribution >= 0.6 is 0 Å². The Kier molecular flexibility index (Phi) is 16.0. The quantitative estimate of drug-likeness (QED) is 0.119. The molecule has 524 valence electrons. The van der Waals surface area contributed by atoms with Gasteiger partial charge in [0, 0.05) is 87.8 Å². The number of hydrogen-bond acceptors (Lipinski definition) is 8. The highest BCUT2D eigenvalue weighted by molar-refractivity contribution is 6.13. The van der Waals surface area contributed by atoms with E-state index in [9.17, 15) is 0 Å². The largest absolute Gasteiger partial charge is 0.456 e. The molecule has 0 saturated heterocycles. The van der Waals surface area contributed by atoms with E-state index in [-0.39, 0.29) is 0 Å². The first-order valence-electron chi connectivity index (χ1n) is 37.5. The van der Waals surface area contributed by atoms with Crippen LogP contribution in [0.2, 0.25) is 0 Å². The number of furan rings is 2. The number of rotatable bonds is 12. The van der Waals surface area contributed by atoms with E-state index >= 15 is 0 Å². The van der Waals surface area contributed by atoms with Crippen molar-refractivity contribution in [3.8, 4) is 124 Å². The third-order valence-electron chi connectivity index (χ3n) is 21.3. The van der Waals surface area contributed by atoms with Crippen LogP contribution in [0.1, 0.15) is 0 Å². The van der Waals surface area contributed by atoms with Crippen molar-refractivity contribution in [2.75, 3.05) is 0 Å². The molecule has 0 aliphatic carbocycles. The van der Waals surface area contributed by atoms with Crippen molar-refractivity contribution in [2.45, 2.75) is 0 Å². The van der Waals surface area contributed by atoms with E-state index in [0.29, 0.717) is 34.9 Å². The summed E-state index contributed by atoms with van der Waals surface area (Å²) in [5.41, 5.74) is 25.3. The summed E-state index contributed by atoms with van der Waals surface area (Å²) in [4.78, 5) is 29.5. The molecule has 112 heavy (non-hydrogen) atoms. The number of aromatic nitrogens is 8.